The van der Waals surface area contributed by atoms with E-state index in [0.717, 1.165) is 22.4 Å². The maximum atomic E-state index is 12.7. The maximum absolute atomic E-state index is 12.7. The molecule has 3 rings (SSSR count). The van der Waals surface area contributed by atoms with Gasteiger partial charge in [0.2, 0.25) is 0 Å². The van der Waals surface area contributed by atoms with Crippen molar-refractivity contribution >= 4 is 6.03 Å². The summed E-state index contributed by atoms with van der Waals surface area (Å²) in [4.78, 5) is 12.7. The number of methoxy groups -OCH3 is 1. The molecule has 0 aliphatic rings. The molecule has 3 aromatic carbocycles. The van der Waals surface area contributed by atoms with Crippen molar-refractivity contribution in [2.75, 3.05) is 7.11 Å². The van der Waals surface area contributed by atoms with Gasteiger partial charge in [-0.15, -0.1) is 0 Å². The van der Waals surface area contributed by atoms with Gasteiger partial charge in [0.05, 0.1) is 19.2 Å². The molecule has 0 radical (unpaired) electrons. The fraction of sp³-hybridized carbons (Fsp3) is 0.174. The molecule has 0 spiro atoms. The van der Waals surface area contributed by atoms with Crippen LogP contribution in [-0.2, 0) is 0 Å². The van der Waals surface area contributed by atoms with Gasteiger partial charge < -0.3 is 15.4 Å². The summed E-state index contributed by atoms with van der Waals surface area (Å²) in [5.41, 5.74) is 3.09. The standard InChI is InChI=1S/C23H24N2O2/c1-17(18-13-15-21(27-2)16-14-18)24-23(26)25-22(19-9-5-3-6-10-19)20-11-7-4-8-12-20/h3-17,22H,1-2H3,(H2,24,25,26). The van der Waals surface area contributed by atoms with Crippen molar-refractivity contribution in [2.24, 2.45) is 0 Å². The van der Waals surface area contributed by atoms with Crippen LogP contribution in [0.4, 0.5) is 4.79 Å². The lowest BCUT2D eigenvalue weighted by atomic mass is 9.99. The monoisotopic (exact) mass is 360 g/mol. The van der Waals surface area contributed by atoms with E-state index < -0.39 is 0 Å². The molecule has 2 N–H and O–H groups in total. The Kier molecular flexibility index (Phi) is 6.10. The van der Waals surface area contributed by atoms with Gasteiger partial charge in [-0.2, -0.15) is 0 Å². The minimum Gasteiger partial charge on any atom is -0.497 e. The Balaban J connectivity index is 1.72. The lowest BCUT2D eigenvalue weighted by Gasteiger charge is -2.22. The summed E-state index contributed by atoms with van der Waals surface area (Å²) in [6, 6.07) is 27.1. The van der Waals surface area contributed by atoms with Gasteiger partial charge in [-0.05, 0) is 35.7 Å². The van der Waals surface area contributed by atoms with Gasteiger partial charge in [-0.25, -0.2) is 4.79 Å². The van der Waals surface area contributed by atoms with Crippen LogP contribution in [0.1, 0.15) is 35.7 Å². The molecule has 4 nitrogen and oxygen atoms in total. The molecule has 3 aromatic rings. The van der Waals surface area contributed by atoms with E-state index in [0.29, 0.717) is 0 Å². The average molecular weight is 360 g/mol. The number of urea groups is 1. The number of benzene rings is 3. The Morgan fingerprint density at radius 3 is 1.74 bits per heavy atom. The number of carbonyl (C=O) groups excluding carboxylic acids is 1. The van der Waals surface area contributed by atoms with Crippen molar-refractivity contribution in [3.8, 4) is 5.75 Å². The molecule has 0 saturated heterocycles. The SMILES string of the molecule is COc1ccc(C(C)NC(=O)NC(c2ccccc2)c2ccccc2)cc1. The Morgan fingerprint density at radius 1 is 0.741 bits per heavy atom. The highest BCUT2D eigenvalue weighted by Gasteiger charge is 2.18. The maximum Gasteiger partial charge on any atom is 0.316 e. The Bertz CT molecular complexity index is 809. The van der Waals surface area contributed by atoms with Crippen LogP contribution in [-0.4, -0.2) is 13.1 Å². The second-order valence-electron chi connectivity index (χ2n) is 6.37. The minimum atomic E-state index is -0.213. The summed E-state index contributed by atoms with van der Waals surface area (Å²) in [7, 11) is 1.64. The highest BCUT2D eigenvalue weighted by Crippen LogP contribution is 2.22. The topological polar surface area (TPSA) is 50.4 Å². The summed E-state index contributed by atoms with van der Waals surface area (Å²) < 4.78 is 5.18. The third-order valence-electron chi connectivity index (χ3n) is 4.50. The second-order valence-corrected chi connectivity index (χ2v) is 6.37. The highest BCUT2D eigenvalue weighted by atomic mass is 16.5. The van der Waals surface area contributed by atoms with Crippen LogP contribution >= 0.6 is 0 Å². The molecular formula is C23H24N2O2. The van der Waals surface area contributed by atoms with E-state index in [9.17, 15) is 4.79 Å². The Hall–Kier alpha value is -3.27. The molecule has 138 valence electrons. The van der Waals surface area contributed by atoms with Gasteiger partial charge in [0.25, 0.3) is 0 Å². The van der Waals surface area contributed by atoms with E-state index in [-0.39, 0.29) is 18.1 Å². The summed E-state index contributed by atoms with van der Waals surface area (Å²) in [5, 5.41) is 6.11. The molecule has 0 heterocycles. The first-order valence-electron chi connectivity index (χ1n) is 8.98. The smallest absolute Gasteiger partial charge is 0.316 e. The third-order valence-corrected chi connectivity index (χ3v) is 4.50. The van der Waals surface area contributed by atoms with E-state index >= 15 is 0 Å². The number of hydrogen-bond acceptors (Lipinski definition) is 2. The van der Waals surface area contributed by atoms with Crippen molar-refractivity contribution in [2.45, 2.75) is 19.0 Å². The number of ether oxygens (including phenoxy) is 1. The van der Waals surface area contributed by atoms with Crippen molar-refractivity contribution < 1.29 is 9.53 Å². The average Bonchev–Trinajstić information content (AvgIpc) is 2.73. The van der Waals surface area contributed by atoms with E-state index in [4.69, 9.17) is 4.74 Å². The number of rotatable bonds is 6. The predicted molar refractivity (Wildman–Crippen MR) is 108 cm³/mol. The first kappa shape index (κ1) is 18.5. The van der Waals surface area contributed by atoms with E-state index in [2.05, 4.69) is 10.6 Å². The number of carbonyl (C=O) groups is 1. The fourth-order valence-corrected chi connectivity index (χ4v) is 3.00. The normalized spacial score (nSPS) is 11.7. The fourth-order valence-electron chi connectivity index (χ4n) is 3.00. The molecule has 27 heavy (non-hydrogen) atoms. The van der Waals surface area contributed by atoms with Gasteiger partial charge in [0.1, 0.15) is 5.75 Å². The first-order valence-corrected chi connectivity index (χ1v) is 8.98. The summed E-state index contributed by atoms with van der Waals surface area (Å²) in [6.45, 7) is 1.96. The molecule has 1 atom stereocenters. The minimum absolute atomic E-state index is 0.122. The van der Waals surface area contributed by atoms with Gasteiger partial charge in [0.15, 0.2) is 0 Å². The van der Waals surface area contributed by atoms with Gasteiger partial charge in [-0.1, -0.05) is 72.8 Å². The molecule has 4 heteroatoms. The first-order chi connectivity index (χ1) is 13.2. The van der Waals surface area contributed by atoms with E-state index in [1.54, 1.807) is 7.11 Å². The zero-order valence-corrected chi connectivity index (χ0v) is 15.6. The molecule has 2 amide bonds. The van der Waals surface area contributed by atoms with Crippen molar-refractivity contribution in [1.29, 1.82) is 0 Å². The summed E-state index contributed by atoms with van der Waals surface area (Å²) >= 11 is 0. The van der Waals surface area contributed by atoms with Crippen LogP contribution in [0.3, 0.4) is 0 Å². The molecule has 0 aliphatic heterocycles. The summed E-state index contributed by atoms with van der Waals surface area (Å²) in [6.07, 6.45) is 0. The lowest BCUT2D eigenvalue weighted by molar-refractivity contribution is 0.235. The largest absolute Gasteiger partial charge is 0.497 e. The van der Waals surface area contributed by atoms with Crippen molar-refractivity contribution in [3.05, 3.63) is 102 Å². The predicted octanol–water partition coefficient (Wildman–Crippen LogP) is 4.85. The number of hydrogen-bond donors (Lipinski definition) is 2. The van der Waals surface area contributed by atoms with Gasteiger partial charge >= 0.3 is 6.03 Å². The number of amides is 2. The van der Waals surface area contributed by atoms with Crippen LogP contribution in [0.15, 0.2) is 84.9 Å². The van der Waals surface area contributed by atoms with Crippen LogP contribution < -0.4 is 15.4 Å². The van der Waals surface area contributed by atoms with Crippen LogP contribution in [0, 0.1) is 0 Å². The van der Waals surface area contributed by atoms with E-state index in [1.165, 1.54) is 0 Å². The Morgan fingerprint density at radius 2 is 1.26 bits per heavy atom. The molecule has 0 aromatic heterocycles. The third kappa shape index (κ3) is 4.88. The quantitative estimate of drug-likeness (QED) is 0.660. The second kappa shape index (κ2) is 8.90. The highest BCUT2D eigenvalue weighted by molar-refractivity contribution is 5.75. The molecule has 0 fully saturated rings. The Labute approximate surface area is 160 Å². The van der Waals surface area contributed by atoms with Gasteiger partial charge in [-0.3, -0.25) is 0 Å². The molecule has 0 saturated carbocycles. The molecule has 0 bridgehead atoms. The van der Waals surface area contributed by atoms with Crippen molar-refractivity contribution in [1.82, 2.24) is 10.6 Å². The molecule has 1 unspecified atom stereocenters. The molecule has 0 aliphatic carbocycles. The summed E-state index contributed by atoms with van der Waals surface area (Å²) in [5.74, 6) is 0.795. The van der Waals surface area contributed by atoms with Gasteiger partial charge in [0, 0.05) is 0 Å². The molecular weight excluding hydrogens is 336 g/mol. The van der Waals surface area contributed by atoms with E-state index in [1.807, 2.05) is 91.9 Å². The number of nitrogens with one attached hydrogen (secondary N) is 2. The van der Waals surface area contributed by atoms with Crippen LogP contribution in [0.2, 0.25) is 0 Å². The van der Waals surface area contributed by atoms with Crippen LogP contribution in [0.5, 0.6) is 5.75 Å². The lowest BCUT2D eigenvalue weighted by Crippen LogP contribution is -2.39. The van der Waals surface area contributed by atoms with Crippen LogP contribution in [0.25, 0.3) is 0 Å². The zero-order chi connectivity index (χ0) is 19.1. The van der Waals surface area contributed by atoms with Crippen molar-refractivity contribution in [3.63, 3.8) is 0 Å². The zero-order valence-electron chi connectivity index (χ0n) is 15.6.